The summed E-state index contributed by atoms with van der Waals surface area (Å²) >= 11 is 0. The van der Waals surface area contributed by atoms with E-state index in [1.807, 2.05) is 34.9 Å². The highest BCUT2D eigenvalue weighted by atomic mass is 16.2. The number of fused-ring (bicyclic) bond motifs is 2. The third-order valence-corrected chi connectivity index (χ3v) is 3.80. The van der Waals surface area contributed by atoms with Crippen molar-refractivity contribution in [2.45, 2.75) is 13.1 Å². The fourth-order valence-electron chi connectivity index (χ4n) is 2.68. The predicted molar refractivity (Wildman–Crippen MR) is 76.5 cm³/mol. The van der Waals surface area contributed by atoms with Gasteiger partial charge in [-0.3, -0.25) is 9.78 Å². The Morgan fingerprint density at radius 2 is 2.05 bits per heavy atom. The van der Waals surface area contributed by atoms with Gasteiger partial charge >= 0.3 is 0 Å². The van der Waals surface area contributed by atoms with E-state index in [2.05, 4.69) is 15.2 Å². The predicted octanol–water partition coefficient (Wildman–Crippen LogP) is 1.48. The highest BCUT2D eigenvalue weighted by Gasteiger charge is 2.24. The van der Waals surface area contributed by atoms with E-state index in [-0.39, 0.29) is 5.91 Å². The Bertz CT molecular complexity index is 820. The van der Waals surface area contributed by atoms with Gasteiger partial charge in [0.25, 0.3) is 5.91 Å². The minimum absolute atomic E-state index is 0.0546. The lowest BCUT2D eigenvalue weighted by molar-refractivity contribution is 0.0703. The van der Waals surface area contributed by atoms with Crippen LogP contribution in [0.2, 0.25) is 0 Å². The summed E-state index contributed by atoms with van der Waals surface area (Å²) in [5.74, 6) is 0.760. The zero-order valence-corrected chi connectivity index (χ0v) is 11.3. The first-order chi connectivity index (χ1) is 10.3. The molecule has 1 aliphatic heterocycles. The van der Waals surface area contributed by atoms with Crippen LogP contribution in [0.25, 0.3) is 10.8 Å². The topological polar surface area (TPSA) is 63.9 Å². The maximum atomic E-state index is 12.8. The molecule has 6 heteroatoms. The number of carbonyl (C=O) groups excluding carboxylic acids is 1. The monoisotopic (exact) mass is 279 g/mol. The van der Waals surface area contributed by atoms with E-state index in [1.54, 1.807) is 17.4 Å². The van der Waals surface area contributed by atoms with Gasteiger partial charge in [-0.25, -0.2) is 0 Å². The average Bonchev–Trinajstić information content (AvgIpc) is 3.01. The molecule has 1 amide bonds. The Morgan fingerprint density at radius 3 is 3.00 bits per heavy atom. The van der Waals surface area contributed by atoms with Crippen LogP contribution in [0.3, 0.4) is 0 Å². The van der Waals surface area contributed by atoms with Gasteiger partial charge in [-0.15, -0.1) is 10.2 Å². The molecule has 0 bridgehead atoms. The van der Waals surface area contributed by atoms with Crippen LogP contribution in [0.4, 0.5) is 0 Å². The fourth-order valence-corrected chi connectivity index (χ4v) is 2.68. The summed E-state index contributed by atoms with van der Waals surface area (Å²) in [6, 6.07) is 9.72. The third kappa shape index (κ3) is 1.96. The van der Waals surface area contributed by atoms with E-state index in [0.717, 1.165) is 23.1 Å². The second-order valence-electron chi connectivity index (χ2n) is 5.05. The lowest BCUT2D eigenvalue weighted by atomic mass is 10.1. The van der Waals surface area contributed by atoms with Gasteiger partial charge in [0.2, 0.25) is 0 Å². The molecule has 0 radical (unpaired) electrons. The molecule has 0 N–H and O–H groups in total. The largest absolute Gasteiger partial charge is 0.328 e. The standard InChI is InChI=1S/C15H13N5O/c21-15(19-7-8-20-10-17-18-13(20)9-19)14-12-4-2-1-3-11(12)5-6-16-14/h1-6,10H,7-9H2. The van der Waals surface area contributed by atoms with Gasteiger partial charge in [0.15, 0.2) is 5.82 Å². The molecular weight excluding hydrogens is 266 g/mol. The van der Waals surface area contributed by atoms with E-state index in [1.165, 1.54) is 0 Å². The molecule has 3 aromatic rings. The van der Waals surface area contributed by atoms with Crippen molar-refractivity contribution in [1.29, 1.82) is 0 Å². The van der Waals surface area contributed by atoms with E-state index in [4.69, 9.17) is 0 Å². The van der Waals surface area contributed by atoms with E-state index < -0.39 is 0 Å². The summed E-state index contributed by atoms with van der Waals surface area (Å²) in [7, 11) is 0. The van der Waals surface area contributed by atoms with E-state index >= 15 is 0 Å². The lowest BCUT2D eigenvalue weighted by Crippen LogP contribution is -2.38. The quantitative estimate of drug-likeness (QED) is 0.677. The molecule has 0 aliphatic carbocycles. The maximum absolute atomic E-state index is 12.8. The molecule has 0 fully saturated rings. The summed E-state index contributed by atoms with van der Waals surface area (Å²) in [6.07, 6.45) is 3.38. The second kappa shape index (κ2) is 4.66. The van der Waals surface area contributed by atoms with Crippen molar-refractivity contribution in [2.75, 3.05) is 6.54 Å². The van der Waals surface area contributed by atoms with Crippen LogP contribution in [0.5, 0.6) is 0 Å². The third-order valence-electron chi connectivity index (χ3n) is 3.80. The number of carbonyl (C=O) groups is 1. The van der Waals surface area contributed by atoms with Crippen molar-refractivity contribution < 1.29 is 4.79 Å². The molecule has 1 aromatic carbocycles. The summed E-state index contributed by atoms with van der Waals surface area (Å²) in [5, 5.41) is 9.83. The van der Waals surface area contributed by atoms with Crippen molar-refractivity contribution in [2.24, 2.45) is 0 Å². The number of rotatable bonds is 1. The molecule has 0 atom stereocenters. The Labute approximate surface area is 121 Å². The highest BCUT2D eigenvalue weighted by Crippen LogP contribution is 2.19. The van der Waals surface area contributed by atoms with Crippen molar-refractivity contribution in [3.05, 3.63) is 54.4 Å². The number of aromatic nitrogens is 4. The second-order valence-corrected chi connectivity index (χ2v) is 5.05. The van der Waals surface area contributed by atoms with Crippen LogP contribution in [-0.2, 0) is 13.1 Å². The smallest absolute Gasteiger partial charge is 0.273 e. The zero-order valence-electron chi connectivity index (χ0n) is 11.3. The molecule has 0 unspecified atom stereocenters. The SMILES string of the molecule is O=C(c1nccc2ccccc12)N1CCn2cnnc2C1. The Hall–Kier alpha value is -2.76. The first-order valence-electron chi connectivity index (χ1n) is 6.82. The van der Waals surface area contributed by atoms with Crippen LogP contribution >= 0.6 is 0 Å². The van der Waals surface area contributed by atoms with Gasteiger partial charge < -0.3 is 9.47 Å². The maximum Gasteiger partial charge on any atom is 0.273 e. The van der Waals surface area contributed by atoms with Crippen LogP contribution in [-0.4, -0.2) is 37.1 Å². The molecule has 2 aromatic heterocycles. The van der Waals surface area contributed by atoms with Crippen molar-refractivity contribution in [1.82, 2.24) is 24.6 Å². The van der Waals surface area contributed by atoms with Gasteiger partial charge in [-0.05, 0) is 11.5 Å². The number of pyridine rings is 1. The molecule has 1 aliphatic rings. The van der Waals surface area contributed by atoms with Crippen molar-refractivity contribution in [3.8, 4) is 0 Å². The molecule has 104 valence electrons. The normalized spacial score (nSPS) is 14.2. The van der Waals surface area contributed by atoms with Crippen molar-refractivity contribution >= 4 is 16.7 Å². The number of nitrogens with zero attached hydrogens (tertiary/aromatic N) is 5. The van der Waals surface area contributed by atoms with Gasteiger partial charge in [0, 0.05) is 24.7 Å². The van der Waals surface area contributed by atoms with E-state index in [0.29, 0.717) is 18.8 Å². The van der Waals surface area contributed by atoms with Crippen molar-refractivity contribution in [3.63, 3.8) is 0 Å². The fraction of sp³-hybridized carbons (Fsp3) is 0.200. The first kappa shape index (κ1) is 12.0. The average molecular weight is 279 g/mol. The highest BCUT2D eigenvalue weighted by molar-refractivity contribution is 6.05. The minimum Gasteiger partial charge on any atom is -0.328 e. The summed E-state index contributed by atoms with van der Waals surface area (Å²) in [4.78, 5) is 18.8. The molecule has 3 heterocycles. The van der Waals surface area contributed by atoms with Crippen LogP contribution in [0, 0.1) is 0 Å². The number of hydrogen-bond acceptors (Lipinski definition) is 4. The lowest BCUT2D eigenvalue weighted by Gasteiger charge is -2.27. The Balaban J connectivity index is 1.71. The number of amides is 1. The molecule has 21 heavy (non-hydrogen) atoms. The molecular formula is C15H13N5O. The van der Waals surface area contributed by atoms with Crippen LogP contribution in [0.1, 0.15) is 16.3 Å². The molecule has 4 rings (SSSR count). The molecule has 0 saturated carbocycles. The molecule has 6 nitrogen and oxygen atoms in total. The molecule has 0 saturated heterocycles. The summed E-state index contributed by atoms with van der Waals surface area (Å²) in [5.41, 5.74) is 0.501. The van der Waals surface area contributed by atoms with Gasteiger partial charge in [0.05, 0.1) is 6.54 Å². The van der Waals surface area contributed by atoms with Crippen LogP contribution in [0.15, 0.2) is 42.9 Å². The number of hydrogen-bond donors (Lipinski definition) is 0. The zero-order chi connectivity index (χ0) is 14.2. The summed E-state index contributed by atoms with van der Waals surface area (Å²) < 4.78 is 1.97. The van der Waals surface area contributed by atoms with Crippen LogP contribution < -0.4 is 0 Å². The van der Waals surface area contributed by atoms with Gasteiger partial charge in [-0.2, -0.15) is 0 Å². The van der Waals surface area contributed by atoms with Gasteiger partial charge in [-0.1, -0.05) is 24.3 Å². The molecule has 0 spiro atoms. The Kier molecular flexibility index (Phi) is 2.67. The Morgan fingerprint density at radius 1 is 1.14 bits per heavy atom. The van der Waals surface area contributed by atoms with Gasteiger partial charge in [0.1, 0.15) is 12.0 Å². The minimum atomic E-state index is -0.0546. The summed E-state index contributed by atoms with van der Waals surface area (Å²) in [6.45, 7) is 1.84. The first-order valence-corrected chi connectivity index (χ1v) is 6.82. The van der Waals surface area contributed by atoms with E-state index in [9.17, 15) is 4.79 Å². The number of benzene rings is 1.